The summed E-state index contributed by atoms with van der Waals surface area (Å²) in [5.74, 6) is 2.69. The molecule has 4 heteroatoms. The standard InChI is InChI=1S/C17H28ClN3/c1-11(2)9-19-10-17(6-13-5-14(13)7-17)8-15-12(3)20-21(4)16(15)18/h11,13-14,19H,5-10H2,1-4H3. The van der Waals surface area contributed by atoms with Crippen LogP contribution in [0.2, 0.25) is 5.15 Å². The molecular weight excluding hydrogens is 282 g/mol. The first-order chi connectivity index (χ1) is 9.90. The maximum absolute atomic E-state index is 6.47. The Kier molecular flexibility index (Phi) is 4.08. The molecule has 0 amide bonds. The lowest BCUT2D eigenvalue weighted by Crippen LogP contribution is -2.37. The Bertz CT molecular complexity index is 510. The highest BCUT2D eigenvalue weighted by Gasteiger charge is 2.53. The minimum Gasteiger partial charge on any atom is -0.316 e. The van der Waals surface area contributed by atoms with Crippen LogP contribution in [0.5, 0.6) is 0 Å². The van der Waals surface area contributed by atoms with Crippen LogP contribution in [0, 0.1) is 30.1 Å². The summed E-state index contributed by atoms with van der Waals surface area (Å²) >= 11 is 6.47. The fourth-order valence-corrected chi connectivity index (χ4v) is 4.47. The van der Waals surface area contributed by atoms with Gasteiger partial charge in [0.25, 0.3) is 0 Å². The monoisotopic (exact) mass is 309 g/mol. The van der Waals surface area contributed by atoms with Crippen molar-refractivity contribution in [1.29, 1.82) is 0 Å². The molecule has 0 saturated heterocycles. The molecule has 2 fully saturated rings. The Morgan fingerprint density at radius 3 is 2.57 bits per heavy atom. The SMILES string of the molecule is Cc1nn(C)c(Cl)c1CC1(CNCC(C)C)CC2CC2C1. The summed E-state index contributed by atoms with van der Waals surface area (Å²) < 4.78 is 1.82. The van der Waals surface area contributed by atoms with Crippen molar-refractivity contribution in [3.63, 3.8) is 0 Å². The van der Waals surface area contributed by atoms with E-state index in [1.807, 2.05) is 11.7 Å². The van der Waals surface area contributed by atoms with Gasteiger partial charge in [0.2, 0.25) is 0 Å². The predicted octanol–water partition coefficient (Wildman–Crippen LogP) is 3.59. The summed E-state index contributed by atoms with van der Waals surface area (Å²) in [5.41, 5.74) is 2.78. The number of aryl methyl sites for hydroxylation is 2. The van der Waals surface area contributed by atoms with E-state index >= 15 is 0 Å². The zero-order valence-corrected chi connectivity index (χ0v) is 14.5. The van der Waals surface area contributed by atoms with Crippen LogP contribution in [0.25, 0.3) is 0 Å². The lowest BCUT2D eigenvalue weighted by molar-refractivity contribution is 0.244. The average molecular weight is 310 g/mol. The Hall–Kier alpha value is -0.540. The second-order valence-electron chi connectivity index (χ2n) is 7.84. The number of aromatic nitrogens is 2. The first-order valence-corrected chi connectivity index (χ1v) is 8.67. The summed E-state index contributed by atoms with van der Waals surface area (Å²) in [5, 5.41) is 9.02. The number of rotatable bonds is 6. The first kappa shape index (κ1) is 15.4. The van der Waals surface area contributed by atoms with E-state index in [-0.39, 0.29) is 0 Å². The molecule has 1 N–H and O–H groups in total. The van der Waals surface area contributed by atoms with E-state index in [2.05, 4.69) is 31.2 Å². The highest BCUT2D eigenvalue weighted by atomic mass is 35.5. The molecule has 2 saturated carbocycles. The van der Waals surface area contributed by atoms with E-state index in [0.717, 1.165) is 42.2 Å². The van der Waals surface area contributed by atoms with Crippen molar-refractivity contribution in [3.05, 3.63) is 16.4 Å². The molecule has 1 aromatic heterocycles. The highest BCUT2D eigenvalue weighted by Crippen LogP contribution is 2.60. The normalized spacial score (nSPS) is 31.0. The number of hydrogen-bond donors (Lipinski definition) is 1. The largest absolute Gasteiger partial charge is 0.316 e. The van der Waals surface area contributed by atoms with Crippen molar-refractivity contribution >= 4 is 11.6 Å². The maximum Gasteiger partial charge on any atom is 0.130 e. The molecule has 2 aliphatic carbocycles. The maximum atomic E-state index is 6.47. The summed E-state index contributed by atoms with van der Waals surface area (Å²) in [6.45, 7) is 8.87. The molecule has 2 aliphatic rings. The van der Waals surface area contributed by atoms with Crippen LogP contribution >= 0.6 is 11.6 Å². The zero-order valence-electron chi connectivity index (χ0n) is 13.7. The van der Waals surface area contributed by atoms with Gasteiger partial charge in [-0.2, -0.15) is 5.10 Å². The molecular formula is C17H28ClN3. The number of hydrogen-bond acceptors (Lipinski definition) is 2. The van der Waals surface area contributed by atoms with Crippen molar-refractivity contribution in [2.24, 2.45) is 30.2 Å². The van der Waals surface area contributed by atoms with E-state index in [1.54, 1.807) is 0 Å². The summed E-state index contributed by atoms with van der Waals surface area (Å²) in [7, 11) is 1.94. The number of halogens is 1. The third-order valence-electron chi connectivity index (χ3n) is 5.33. The van der Waals surface area contributed by atoms with Crippen molar-refractivity contribution in [2.45, 2.75) is 46.5 Å². The average Bonchev–Trinajstić information content (AvgIpc) is 2.95. The van der Waals surface area contributed by atoms with Gasteiger partial charge < -0.3 is 5.32 Å². The Morgan fingerprint density at radius 1 is 1.38 bits per heavy atom. The minimum atomic E-state index is 0.403. The zero-order chi connectivity index (χ0) is 15.2. The van der Waals surface area contributed by atoms with E-state index in [1.165, 1.54) is 24.8 Å². The van der Waals surface area contributed by atoms with Crippen LogP contribution in [0.15, 0.2) is 0 Å². The van der Waals surface area contributed by atoms with Gasteiger partial charge in [-0.15, -0.1) is 0 Å². The third-order valence-corrected chi connectivity index (χ3v) is 5.81. The summed E-state index contributed by atoms with van der Waals surface area (Å²) in [6.07, 6.45) is 5.29. The van der Waals surface area contributed by atoms with Gasteiger partial charge >= 0.3 is 0 Å². The predicted molar refractivity (Wildman–Crippen MR) is 87.6 cm³/mol. The van der Waals surface area contributed by atoms with Crippen LogP contribution in [-0.2, 0) is 13.5 Å². The number of nitrogens with zero attached hydrogens (tertiary/aromatic N) is 2. The Labute approximate surface area is 133 Å². The molecule has 1 aromatic rings. The topological polar surface area (TPSA) is 29.9 Å². The highest BCUT2D eigenvalue weighted by molar-refractivity contribution is 6.30. The van der Waals surface area contributed by atoms with Gasteiger partial charge in [0.1, 0.15) is 5.15 Å². The van der Waals surface area contributed by atoms with Crippen molar-refractivity contribution in [1.82, 2.24) is 15.1 Å². The smallest absolute Gasteiger partial charge is 0.130 e. The molecule has 2 atom stereocenters. The second kappa shape index (κ2) is 5.58. The Morgan fingerprint density at radius 2 is 2.05 bits per heavy atom. The fourth-order valence-electron chi connectivity index (χ4n) is 4.23. The van der Waals surface area contributed by atoms with Crippen molar-refractivity contribution < 1.29 is 0 Å². The van der Waals surface area contributed by atoms with Crippen LogP contribution in [0.3, 0.4) is 0 Å². The van der Waals surface area contributed by atoms with Gasteiger partial charge in [-0.05, 0) is 62.3 Å². The molecule has 3 nitrogen and oxygen atoms in total. The third kappa shape index (κ3) is 3.14. The van der Waals surface area contributed by atoms with Crippen LogP contribution in [0.1, 0.15) is 44.4 Å². The van der Waals surface area contributed by atoms with E-state index < -0.39 is 0 Å². The van der Waals surface area contributed by atoms with Gasteiger partial charge in [0, 0.05) is 19.2 Å². The molecule has 0 radical (unpaired) electrons. The van der Waals surface area contributed by atoms with Crippen LogP contribution in [-0.4, -0.2) is 22.9 Å². The molecule has 1 heterocycles. The van der Waals surface area contributed by atoms with Gasteiger partial charge in [-0.25, -0.2) is 0 Å². The molecule has 2 unspecified atom stereocenters. The summed E-state index contributed by atoms with van der Waals surface area (Å²) in [4.78, 5) is 0. The van der Waals surface area contributed by atoms with Crippen LogP contribution in [0.4, 0.5) is 0 Å². The number of fused-ring (bicyclic) bond motifs is 1. The molecule has 3 rings (SSSR count). The molecule has 0 aliphatic heterocycles. The lowest BCUT2D eigenvalue weighted by Gasteiger charge is -2.32. The second-order valence-corrected chi connectivity index (χ2v) is 8.20. The van der Waals surface area contributed by atoms with Crippen molar-refractivity contribution in [2.75, 3.05) is 13.1 Å². The quantitative estimate of drug-likeness (QED) is 0.870. The van der Waals surface area contributed by atoms with Gasteiger partial charge in [-0.3, -0.25) is 4.68 Å². The lowest BCUT2D eigenvalue weighted by atomic mass is 9.77. The van der Waals surface area contributed by atoms with Gasteiger partial charge in [0.15, 0.2) is 0 Å². The molecule has 118 valence electrons. The molecule has 0 aromatic carbocycles. The van der Waals surface area contributed by atoms with Crippen LogP contribution < -0.4 is 5.32 Å². The molecule has 0 spiro atoms. The summed E-state index contributed by atoms with van der Waals surface area (Å²) in [6, 6.07) is 0. The van der Waals surface area contributed by atoms with Crippen molar-refractivity contribution in [3.8, 4) is 0 Å². The molecule has 21 heavy (non-hydrogen) atoms. The number of nitrogens with one attached hydrogen (secondary N) is 1. The van der Waals surface area contributed by atoms with Gasteiger partial charge in [0.05, 0.1) is 5.69 Å². The first-order valence-electron chi connectivity index (χ1n) is 8.29. The van der Waals surface area contributed by atoms with Gasteiger partial charge in [-0.1, -0.05) is 25.4 Å². The minimum absolute atomic E-state index is 0.403. The fraction of sp³-hybridized carbons (Fsp3) is 0.824. The Balaban J connectivity index is 1.73. The van der Waals surface area contributed by atoms with E-state index in [4.69, 9.17) is 11.6 Å². The van der Waals surface area contributed by atoms with E-state index in [9.17, 15) is 0 Å². The molecule has 0 bridgehead atoms. The van der Waals surface area contributed by atoms with E-state index in [0.29, 0.717) is 11.3 Å².